The predicted octanol–water partition coefficient (Wildman–Crippen LogP) is 5.75. The van der Waals surface area contributed by atoms with E-state index in [1.165, 1.54) is 29.1 Å². The number of ether oxygens (including phenoxy) is 1. The van der Waals surface area contributed by atoms with Crippen molar-refractivity contribution in [2.45, 2.75) is 110 Å². The minimum absolute atomic E-state index is 0.243. The fourth-order valence-electron chi connectivity index (χ4n) is 7.30. The van der Waals surface area contributed by atoms with Crippen LogP contribution in [0.4, 0.5) is 4.79 Å². The molecular weight excluding hydrogens is 705 g/mol. The second-order valence-electron chi connectivity index (χ2n) is 15.9. The SMILES string of the molecule is CCCCCN(CCCCCCC(=S)NCCCN1C(=O)C2=CCC3C(=O)N(CCN(C)C)C(=O)c4ccc(c2c43)C1=O)CCCNC(=O)OC(C)(C)C. The van der Waals surface area contributed by atoms with Crippen molar-refractivity contribution in [2.75, 3.05) is 66.5 Å². The molecule has 1 aromatic rings. The van der Waals surface area contributed by atoms with Crippen molar-refractivity contribution in [1.29, 1.82) is 0 Å². The number of thiocarbonyl (C=S) groups is 1. The number of rotatable bonds is 22. The van der Waals surface area contributed by atoms with Crippen LogP contribution < -0.4 is 10.6 Å². The summed E-state index contributed by atoms with van der Waals surface area (Å²) >= 11 is 5.59. The average molecular weight is 767 g/mol. The van der Waals surface area contributed by atoms with Crippen LogP contribution in [-0.4, -0.2) is 126 Å². The second-order valence-corrected chi connectivity index (χ2v) is 16.4. The normalized spacial score (nSPS) is 16.6. The number of benzene rings is 1. The smallest absolute Gasteiger partial charge is 0.407 e. The molecule has 0 spiro atoms. The van der Waals surface area contributed by atoms with Crippen LogP contribution in [0.2, 0.25) is 0 Å². The van der Waals surface area contributed by atoms with Crippen LogP contribution in [0.15, 0.2) is 18.2 Å². The number of likely N-dealkylation sites (N-methyl/N-ethyl adjacent to an activating group) is 1. The molecule has 54 heavy (non-hydrogen) atoms. The fourth-order valence-corrected chi connectivity index (χ4v) is 7.54. The number of nitrogens with zero attached hydrogens (tertiary/aromatic N) is 4. The summed E-state index contributed by atoms with van der Waals surface area (Å²) in [4.78, 5) is 73.8. The molecular formula is C41H62N6O6S. The van der Waals surface area contributed by atoms with E-state index in [2.05, 4.69) is 22.5 Å². The third-order valence-corrected chi connectivity index (χ3v) is 10.4. The van der Waals surface area contributed by atoms with E-state index in [-0.39, 0.29) is 36.9 Å². The Hall–Kier alpha value is -3.68. The van der Waals surface area contributed by atoms with Gasteiger partial charge in [-0.05, 0) is 117 Å². The second kappa shape index (κ2) is 20.3. The molecule has 4 rings (SSSR count). The zero-order valence-corrected chi connectivity index (χ0v) is 34.2. The van der Waals surface area contributed by atoms with Gasteiger partial charge in [-0.2, -0.15) is 0 Å². The minimum atomic E-state index is -0.576. The first kappa shape index (κ1) is 43.1. The molecule has 3 aliphatic rings. The largest absolute Gasteiger partial charge is 0.444 e. The van der Waals surface area contributed by atoms with Crippen molar-refractivity contribution in [1.82, 2.24) is 30.2 Å². The first-order chi connectivity index (χ1) is 25.7. The van der Waals surface area contributed by atoms with Gasteiger partial charge in [0.15, 0.2) is 0 Å². The highest BCUT2D eigenvalue weighted by Gasteiger charge is 2.46. The van der Waals surface area contributed by atoms with Gasteiger partial charge in [0.1, 0.15) is 5.60 Å². The summed E-state index contributed by atoms with van der Waals surface area (Å²) in [6, 6.07) is 3.28. The highest BCUT2D eigenvalue weighted by molar-refractivity contribution is 7.80. The summed E-state index contributed by atoms with van der Waals surface area (Å²) < 4.78 is 5.33. The average Bonchev–Trinajstić information content (AvgIpc) is 3.11. The van der Waals surface area contributed by atoms with Gasteiger partial charge in [-0.1, -0.05) is 50.9 Å². The molecule has 1 aromatic carbocycles. The monoisotopic (exact) mass is 766 g/mol. The molecule has 12 nitrogen and oxygen atoms in total. The van der Waals surface area contributed by atoms with Gasteiger partial charge in [-0.15, -0.1) is 0 Å². The van der Waals surface area contributed by atoms with E-state index in [9.17, 15) is 24.0 Å². The Morgan fingerprint density at radius 1 is 0.815 bits per heavy atom. The Morgan fingerprint density at radius 2 is 1.46 bits per heavy atom. The van der Waals surface area contributed by atoms with Crippen molar-refractivity contribution >= 4 is 52.5 Å². The van der Waals surface area contributed by atoms with E-state index in [1.54, 1.807) is 18.2 Å². The van der Waals surface area contributed by atoms with Gasteiger partial charge < -0.3 is 25.2 Å². The van der Waals surface area contributed by atoms with Crippen molar-refractivity contribution < 1.29 is 28.7 Å². The van der Waals surface area contributed by atoms with Crippen LogP contribution in [0.5, 0.6) is 0 Å². The predicted molar refractivity (Wildman–Crippen MR) is 216 cm³/mol. The van der Waals surface area contributed by atoms with Gasteiger partial charge >= 0.3 is 6.09 Å². The lowest BCUT2D eigenvalue weighted by Crippen LogP contribution is -2.50. The lowest BCUT2D eigenvalue weighted by molar-refractivity contribution is -0.131. The van der Waals surface area contributed by atoms with Crippen LogP contribution in [0.3, 0.4) is 0 Å². The quantitative estimate of drug-likeness (QED) is 0.0855. The number of alkyl carbamates (subject to hydrolysis) is 1. The summed E-state index contributed by atoms with van der Waals surface area (Å²) in [6.45, 7) is 13.1. The molecule has 1 aliphatic carbocycles. The molecule has 0 saturated carbocycles. The molecule has 0 fully saturated rings. The van der Waals surface area contributed by atoms with Gasteiger partial charge in [0.05, 0.1) is 10.9 Å². The Labute approximate surface area is 327 Å². The lowest BCUT2D eigenvalue weighted by atomic mass is 9.73. The van der Waals surface area contributed by atoms with E-state index in [0.717, 1.165) is 63.1 Å². The minimum Gasteiger partial charge on any atom is -0.444 e. The molecule has 2 heterocycles. The third kappa shape index (κ3) is 11.7. The number of allylic oxidation sites excluding steroid dienone is 1. The Bertz CT molecular complexity index is 1570. The topological polar surface area (TPSA) is 132 Å². The molecule has 1 unspecified atom stereocenters. The molecule has 0 aromatic heterocycles. The van der Waals surface area contributed by atoms with E-state index in [4.69, 9.17) is 17.0 Å². The van der Waals surface area contributed by atoms with E-state index >= 15 is 0 Å². The van der Waals surface area contributed by atoms with Crippen LogP contribution >= 0.6 is 12.2 Å². The van der Waals surface area contributed by atoms with E-state index in [0.29, 0.717) is 60.3 Å². The number of nitrogens with one attached hydrogen (secondary N) is 2. The molecule has 0 saturated heterocycles. The van der Waals surface area contributed by atoms with Crippen LogP contribution in [-0.2, 0) is 14.3 Å². The molecule has 1 atom stereocenters. The Morgan fingerprint density at radius 3 is 2.17 bits per heavy atom. The maximum absolute atomic E-state index is 13.6. The van der Waals surface area contributed by atoms with Gasteiger partial charge in [0, 0.05) is 55.0 Å². The van der Waals surface area contributed by atoms with Gasteiger partial charge in [0.25, 0.3) is 17.7 Å². The van der Waals surface area contributed by atoms with E-state index in [1.807, 2.05) is 39.8 Å². The number of carbonyl (C=O) groups excluding carboxylic acids is 5. The zero-order valence-electron chi connectivity index (χ0n) is 33.4. The maximum atomic E-state index is 13.6. The van der Waals surface area contributed by atoms with Gasteiger partial charge in [-0.25, -0.2) is 4.79 Å². The first-order valence-electron chi connectivity index (χ1n) is 19.9. The molecule has 0 bridgehead atoms. The highest BCUT2D eigenvalue weighted by atomic mass is 32.1. The third-order valence-electron chi connectivity index (χ3n) is 10.1. The number of unbranched alkanes of at least 4 members (excludes halogenated alkanes) is 5. The van der Waals surface area contributed by atoms with Gasteiger partial charge in [-0.3, -0.25) is 29.0 Å². The molecule has 5 amide bonds. The molecule has 2 aliphatic heterocycles. The lowest BCUT2D eigenvalue weighted by Gasteiger charge is -2.39. The molecule has 298 valence electrons. The highest BCUT2D eigenvalue weighted by Crippen LogP contribution is 2.45. The van der Waals surface area contributed by atoms with Crippen LogP contribution in [0.1, 0.15) is 136 Å². The molecule has 0 radical (unpaired) electrons. The van der Waals surface area contributed by atoms with Crippen molar-refractivity contribution in [2.24, 2.45) is 0 Å². The summed E-state index contributed by atoms with van der Waals surface area (Å²) in [6.07, 6.45) is 11.9. The summed E-state index contributed by atoms with van der Waals surface area (Å²) in [7, 11) is 3.78. The Balaban J connectivity index is 1.16. The van der Waals surface area contributed by atoms with Gasteiger partial charge in [0.2, 0.25) is 5.91 Å². The summed E-state index contributed by atoms with van der Waals surface area (Å²) in [5.41, 5.74) is 1.67. The van der Waals surface area contributed by atoms with Crippen molar-refractivity contribution in [3.63, 3.8) is 0 Å². The maximum Gasteiger partial charge on any atom is 0.407 e. The molecule has 2 N–H and O–H groups in total. The number of imide groups is 2. The molecule has 13 heteroatoms. The number of amides is 5. The summed E-state index contributed by atoms with van der Waals surface area (Å²) in [5.74, 6) is -1.99. The summed E-state index contributed by atoms with van der Waals surface area (Å²) in [5, 5.41) is 6.16. The van der Waals surface area contributed by atoms with Crippen LogP contribution in [0.25, 0.3) is 5.57 Å². The number of hydrogen-bond donors (Lipinski definition) is 2. The van der Waals surface area contributed by atoms with Crippen molar-refractivity contribution in [3.05, 3.63) is 40.5 Å². The van der Waals surface area contributed by atoms with Crippen LogP contribution in [0, 0.1) is 0 Å². The first-order valence-corrected chi connectivity index (χ1v) is 20.3. The zero-order chi connectivity index (χ0) is 39.4. The standard InChI is InChI=1S/C41H62N6O6S/c1-7-8-12-23-45(25-14-22-43-40(52)53-41(2,3)4)24-13-10-9-11-16-33(54)42-21-15-26-46-36(48)29-17-19-31-35-32(20-18-30(34(29)35)37(46)49)39(51)47(38(31)50)28-27-44(5)6/h17-19,32H,7-16,20-28H2,1-6H3,(H,42,54)(H,43,52). The fraction of sp³-hybridized carbons (Fsp3) is 0.659. The van der Waals surface area contributed by atoms with E-state index < -0.39 is 17.4 Å². The number of carbonyl (C=O) groups is 5. The Kier molecular flexibility index (Phi) is 16.2. The van der Waals surface area contributed by atoms with Crippen molar-refractivity contribution in [3.8, 4) is 0 Å². The number of hydrogen-bond acceptors (Lipinski definition) is 9.